The zero-order valence-corrected chi connectivity index (χ0v) is 9.97. The Bertz CT molecular complexity index is 169. The second kappa shape index (κ2) is 6.18. The zero-order chi connectivity index (χ0) is 11.2. The number of aliphatic hydroxyl groups is 1. The lowest BCUT2D eigenvalue weighted by atomic mass is 9.89. The quantitative estimate of drug-likeness (QED) is 0.686. The lowest BCUT2D eigenvalue weighted by Crippen LogP contribution is -2.27. The maximum absolute atomic E-state index is 11.4. The minimum atomic E-state index is -0.618. The summed E-state index contributed by atoms with van der Waals surface area (Å²) >= 11 is 0. The largest absolute Gasteiger partial charge is 0.390 e. The molecule has 1 N–H and O–H groups in total. The molecule has 0 atom stereocenters. The Labute approximate surface area is 87.7 Å². The summed E-state index contributed by atoms with van der Waals surface area (Å²) in [5.74, 6) is 0.708. The van der Waals surface area contributed by atoms with Crippen LogP contribution in [0, 0.1) is 5.92 Å². The van der Waals surface area contributed by atoms with Gasteiger partial charge >= 0.3 is 0 Å². The summed E-state index contributed by atoms with van der Waals surface area (Å²) in [5.41, 5.74) is -0.618. The van der Waals surface area contributed by atoms with Crippen molar-refractivity contribution in [2.24, 2.45) is 5.92 Å². The van der Waals surface area contributed by atoms with Gasteiger partial charge < -0.3 is 5.11 Å². The van der Waals surface area contributed by atoms with Gasteiger partial charge in [0.2, 0.25) is 0 Å². The predicted octanol–water partition coefficient (Wildman–Crippen LogP) is 2.93. The predicted molar refractivity (Wildman–Crippen MR) is 59.2 cm³/mol. The molecule has 0 aliphatic carbocycles. The maximum atomic E-state index is 11.4. The lowest BCUT2D eigenvalue weighted by Gasteiger charge is -2.24. The first-order valence-corrected chi connectivity index (χ1v) is 5.67. The molecule has 0 heterocycles. The lowest BCUT2D eigenvalue weighted by molar-refractivity contribution is -0.121. The van der Waals surface area contributed by atoms with Crippen molar-refractivity contribution in [3.8, 4) is 0 Å². The van der Waals surface area contributed by atoms with E-state index in [-0.39, 0.29) is 5.78 Å². The van der Waals surface area contributed by atoms with Crippen molar-refractivity contribution in [2.45, 2.75) is 65.4 Å². The van der Waals surface area contributed by atoms with Gasteiger partial charge in [0.1, 0.15) is 5.78 Å². The van der Waals surface area contributed by atoms with Gasteiger partial charge in [0, 0.05) is 12.8 Å². The van der Waals surface area contributed by atoms with Crippen LogP contribution in [0.5, 0.6) is 0 Å². The number of hydrogen-bond donors (Lipinski definition) is 1. The number of carbonyl (C=O) groups excluding carboxylic acids is 1. The molecule has 0 fully saturated rings. The first-order valence-electron chi connectivity index (χ1n) is 5.67. The first-order chi connectivity index (χ1) is 6.43. The van der Waals surface area contributed by atoms with Crippen molar-refractivity contribution < 1.29 is 9.90 Å². The van der Waals surface area contributed by atoms with Crippen molar-refractivity contribution in [1.29, 1.82) is 0 Å². The molecule has 0 aromatic carbocycles. The molecule has 0 saturated carbocycles. The molecule has 0 bridgehead atoms. The van der Waals surface area contributed by atoms with E-state index in [9.17, 15) is 9.90 Å². The highest BCUT2D eigenvalue weighted by Crippen LogP contribution is 2.21. The SMILES string of the molecule is CCC(O)(CC)CCC(=O)CC(C)C. The van der Waals surface area contributed by atoms with Gasteiger partial charge in [-0.2, -0.15) is 0 Å². The molecule has 2 heteroatoms. The van der Waals surface area contributed by atoms with E-state index in [0.717, 1.165) is 12.8 Å². The van der Waals surface area contributed by atoms with Crippen molar-refractivity contribution >= 4 is 5.78 Å². The smallest absolute Gasteiger partial charge is 0.133 e. The van der Waals surface area contributed by atoms with Gasteiger partial charge in [0.15, 0.2) is 0 Å². The Kier molecular flexibility index (Phi) is 6.01. The Morgan fingerprint density at radius 1 is 1.29 bits per heavy atom. The van der Waals surface area contributed by atoms with Crippen LogP contribution in [0.4, 0.5) is 0 Å². The third-order valence-corrected chi connectivity index (χ3v) is 2.82. The second-order valence-corrected chi connectivity index (χ2v) is 4.57. The highest BCUT2D eigenvalue weighted by Gasteiger charge is 2.22. The maximum Gasteiger partial charge on any atom is 0.133 e. The van der Waals surface area contributed by atoms with E-state index in [1.165, 1.54) is 0 Å². The normalized spacial score (nSPS) is 12.1. The minimum absolute atomic E-state index is 0.278. The van der Waals surface area contributed by atoms with E-state index in [0.29, 0.717) is 25.2 Å². The molecule has 2 nitrogen and oxygen atoms in total. The van der Waals surface area contributed by atoms with Crippen molar-refractivity contribution in [1.82, 2.24) is 0 Å². The van der Waals surface area contributed by atoms with Gasteiger partial charge in [0.25, 0.3) is 0 Å². The summed E-state index contributed by atoms with van der Waals surface area (Å²) < 4.78 is 0. The summed E-state index contributed by atoms with van der Waals surface area (Å²) in [4.78, 5) is 11.4. The summed E-state index contributed by atoms with van der Waals surface area (Å²) in [7, 11) is 0. The van der Waals surface area contributed by atoms with Crippen molar-refractivity contribution in [3.63, 3.8) is 0 Å². The molecule has 84 valence electrons. The molecule has 0 radical (unpaired) electrons. The average Bonchev–Trinajstić information content (AvgIpc) is 2.13. The van der Waals surface area contributed by atoms with Crippen LogP contribution in [0.1, 0.15) is 59.8 Å². The number of carbonyl (C=O) groups is 1. The summed E-state index contributed by atoms with van der Waals surface area (Å²) in [6, 6.07) is 0. The summed E-state index contributed by atoms with van der Waals surface area (Å²) in [5, 5.41) is 9.96. The monoisotopic (exact) mass is 200 g/mol. The topological polar surface area (TPSA) is 37.3 Å². The highest BCUT2D eigenvalue weighted by atomic mass is 16.3. The van der Waals surface area contributed by atoms with Gasteiger partial charge in [-0.1, -0.05) is 27.7 Å². The van der Waals surface area contributed by atoms with Crippen LogP contribution in [0.25, 0.3) is 0 Å². The van der Waals surface area contributed by atoms with E-state index in [4.69, 9.17) is 0 Å². The van der Waals surface area contributed by atoms with Crippen LogP contribution in [0.3, 0.4) is 0 Å². The van der Waals surface area contributed by atoms with Gasteiger partial charge in [-0.3, -0.25) is 4.79 Å². The fourth-order valence-corrected chi connectivity index (χ4v) is 1.53. The molecule has 0 aromatic rings. The van der Waals surface area contributed by atoms with E-state index in [1.807, 2.05) is 27.7 Å². The van der Waals surface area contributed by atoms with Gasteiger partial charge in [0.05, 0.1) is 5.60 Å². The van der Waals surface area contributed by atoms with E-state index >= 15 is 0 Å². The Hall–Kier alpha value is -0.370. The summed E-state index contributed by atoms with van der Waals surface area (Å²) in [6.45, 7) is 8.03. The molecule has 0 rings (SSSR count). The molecule has 0 spiro atoms. The Morgan fingerprint density at radius 3 is 2.14 bits per heavy atom. The Balaban J connectivity index is 3.86. The summed E-state index contributed by atoms with van der Waals surface area (Å²) in [6.07, 6.45) is 3.25. The fraction of sp³-hybridized carbons (Fsp3) is 0.917. The molecule has 0 saturated heterocycles. The Morgan fingerprint density at radius 2 is 1.79 bits per heavy atom. The van der Waals surface area contributed by atoms with Crippen molar-refractivity contribution in [3.05, 3.63) is 0 Å². The number of ketones is 1. The molecule has 0 amide bonds. The van der Waals surface area contributed by atoms with Crippen LogP contribution >= 0.6 is 0 Å². The molecular formula is C12H24O2. The molecule has 0 aliphatic rings. The number of hydrogen-bond acceptors (Lipinski definition) is 2. The minimum Gasteiger partial charge on any atom is -0.390 e. The van der Waals surface area contributed by atoms with Gasteiger partial charge in [-0.15, -0.1) is 0 Å². The van der Waals surface area contributed by atoms with Crippen LogP contribution in [-0.4, -0.2) is 16.5 Å². The molecule has 0 unspecified atom stereocenters. The molecular weight excluding hydrogens is 176 g/mol. The van der Waals surface area contributed by atoms with E-state index in [2.05, 4.69) is 0 Å². The molecule has 0 aliphatic heterocycles. The van der Waals surface area contributed by atoms with Gasteiger partial charge in [-0.05, 0) is 25.2 Å². The van der Waals surface area contributed by atoms with Crippen LogP contribution in [-0.2, 0) is 4.79 Å². The number of rotatable bonds is 7. The molecule has 14 heavy (non-hydrogen) atoms. The van der Waals surface area contributed by atoms with Crippen LogP contribution < -0.4 is 0 Å². The highest BCUT2D eigenvalue weighted by molar-refractivity contribution is 5.78. The first kappa shape index (κ1) is 13.6. The number of Topliss-reactive ketones (excluding diaryl/α,β-unsaturated/α-hetero) is 1. The molecule has 0 aromatic heterocycles. The van der Waals surface area contributed by atoms with Crippen LogP contribution in [0.15, 0.2) is 0 Å². The third kappa shape index (κ3) is 5.38. The fourth-order valence-electron chi connectivity index (χ4n) is 1.53. The third-order valence-electron chi connectivity index (χ3n) is 2.82. The standard InChI is InChI=1S/C12H24O2/c1-5-12(14,6-2)8-7-11(13)9-10(3)4/h10,14H,5-9H2,1-4H3. The second-order valence-electron chi connectivity index (χ2n) is 4.57. The van der Waals surface area contributed by atoms with E-state index < -0.39 is 5.60 Å². The zero-order valence-electron chi connectivity index (χ0n) is 9.97. The van der Waals surface area contributed by atoms with Crippen molar-refractivity contribution in [2.75, 3.05) is 0 Å². The van der Waals surface area contributed by atoms with Gasteiger partial charge in [-0.25, -0.2) is 0 Å². The van der Waals surface area contributed by atoms with E-state index in [1.54, 1.807) is 0 Å². The van der Waals surface area contributed by atoms with Crippen LogP contribution in [0.2, 0.25) is 0 Å². The average molecular weight is 200 g/mol.